The Kier molecular flexibility index (Phi) is 5.12. The van der Waals surface area contributed by atoms with Gasteiger partial charge < -0.3 is 5.11 Å². The smallest absolute Gasteiger partial charge is 0.167 e. The summed E-state index contributed by atoms with van der Waals surface area (Å²) in [5.74, 6) is -0.0661. The number of Topliss-reactive ketones (excluding diaryl/α,β-unsaturated/α-hetero) is 1. The third-order valence-electron chi connectivity index (χ3n) is 2.91. The van der Waals surface area contributed by atoms with Crippen molar-refractivity contribution in [2.75, 3.05) is 0 Å². The van der Waals surface area contributed by atoms with Crippen LogP contribution in [0.2, 0.25) is 0 Å². The molecule has 0 saturated heterocycles. The van der Waals surface area contributed by atoms with Gasteiger partial charge in [-0.05, 0) is 18.1 Å². The minimum absolute atomic E-state index is 0.0659. The molecule has 1 rings (SSSR count). The Morgan fingerprint density at radius 2 is 2.06 bits per heavy atom. The second-order valence-electron chi connectivity index (χ2n) is 3.99. The molecule has 0 radical (unpaired) electrons. The molecule has 0 fully saturated rings. The Morgan fingerprint density at radius 3 is 2.56 bits per heavy atom. The number of aromatic nitrogens is 1. The summed E-state index contributed by atoms with van der Waals surface area (Å²) < 4.78 is 0. The van der Waals surface area contributed by atoms with Crippen molar-refractivity contribution in [3.05, 3.63) is 30.1 Å². The summed E-state index contributed by atoms with van der Waals surface area (Å²) in [6.07, 6.45) is 2.68. The zero-order chi connectivity index (χ0) is 12.0. The van der Waals surface area contributed by atoms with Crippen LogP contribution < -0.4 is 0 Å². The molecule has 0 aromatic carbocycles. The van der Waals surface area contributed by atoms with Gasteiger partial charge in [-0.3, -0.25) is 9.78 Å². The summed E-state index contributed by atoms with van der Waals surface area (Å²) in [5.41, 5.74) is 0.720. The summed E-state index contributed by atoms with van der Waals surface area (Å²) >= 11 is 0. The molecule has 0 aliphatic carbocycles. The number of aliphatic hydroxyl groups excluding tert-OH is 1. The number of pyridine rings is 1. The lowest BCUT2D eigenvalue weighted by Crippen LogP contribution is -2.30. The van der Waals surface area contributed by atoms with Crippen molar-refractivity contribution in [1.29, 1.82) is 0 Å². The summed E-state index contributed by atoms with van der Waals surface area (Å²) in [7, 11) is 0. The fourth-order valence-electron chi connectivity index (χ4n) is 1.78. The Labute approximate surface area is 96.5 Å². The first-order chi connectivity index (χ1) is 7.69. The van der Waals surface area contributed by atoms with Crippen LogP contribution in [0.3, 0.4) is 0 Å². The first-order valence-corrected chi connectivity index (χ1v) is 5.79. The highest BCUT2D eigenvalue weighted by Gasteiger charge is 2.23. The molecule has 1 aromatic rings. The van der Waals surface area contributed by atoms with E-state index in [0.29, 0.717) is 0 Å². The molecule has 0 saturated carbocycles. The SMILES string of the molecule is CCC(CC)C(O)C(=O)Cc1ccccn1. The maximum absolute atomic E-state index is 11.8. The minimum Gasteiger partial charge on any atom is -0.385 e. The molecule has 1 N–H and O–H groups in total. The lowest BCUT2D eigenvalue weighted by molar-refractivity contribution is -0.129. The molecule has 88 valence electrons. The van der Waals surface area contributed by atoms with E-state index in [4.69, 9.17) is 0 Å². The molecule has 3 nitrogen and oxygen atoms in total. The molecule has 0 spiro atoms. The van der Waals surface area contributed by atoms with Gasteiger partial charge in [0.25, 0.3) is 0 Å². The van der Waals surface area contributed by atoms with Gasteiger partial charge in [0.1, 0.15) is 6.10 Å². The summed E-state index contributed by atoms with van der Waals surface area (Å²) in [4.78, 5) is 15.9. The van der Waals surface area contributed by atoms with Crippen LogP contribution >= 0.6 is 0 Å². The Bertz CT molecular complexity index is 320. The highest BCUT2D eigenvalue weighted by atomic mass is 16.3. The van der Waals surface area contributed by atoms with E-state index in [-0.39, 0.29) is 18.1 Å². The topological polar surface area (TPSA) is 50.2 Å². The van der Waals surface area contributed by atoms with E-state index in [1.807, 2.05) is 26.0 Å². The lowest BCUT2D eigenvalue weighted by atomic mass is 9.92. The van der Waals surface area contributed by atoms with E-state index in [2.05, 4.69) is 4.98 Å². The predicted octanol–water partition coefficient (Wildman–Crippen LogP) is 1.99. The number of aliphatic hydroxyl groups is 1. The second-order valence-corrected chi connectivity index (χ2v) is 3.99. The van der Waals surface area contributed by atoms with Gasteiger partial charge in [0.2, 0.25) is 0 Å². The normalized spacial score (nSPS) is 12.8. The molecule has 3 heteroatoms. The van der Waals surface area contributed by atoms with Crippen LogP contribution in [-0.2, 0) is 11.2 Å². The van der Waals surface area contributed by atoms with Gasteiger partial charge in [-0.25, -0.2) is 0 Å². The predicted molar refractivity (Wildman–Crippen MR) is 63.0 cm³/mol. The highest BCUT2D eigenvalue weighted by molar-refractivity contribution is 5.84. The van der Waals surface area contributed by atoms with E-state index in [1.165, 1.54) is 0 Å². The van der Waals surface area contributed by atoms with Crippen molar-refractivity contribution in [2.45, 2.75) is 39.2 Å². The van der Waals surface area contributed by atoms with Crippen molar-refractivity contribution in [3.63, 3.8) is 0 Å². The Hall–Kier alpha value is -1.22. The largest absolute Gasteiger partial charge is 0.385 e. The monoisotopic (exact) mass is 221 g/mol. The summed E-state index contributed by atoms with van der Waals surface area (Å²) in [6, 6.07) is 5.46. The van der Waals surface area contributed by atoms with Gasteiger partial charge in [0.05, 0.1) is 6.42 Å². The third-order valence-corrected chi connectivity index (χ3v) is 2.91. The molecule has 1 unspecified atom stereocenters. The van der Waals surface area contributed by atoms with Crippen LogP contribution in [0.5, 0.6) is 0 Å². The summed E-state index contributed by atoms with van der Waals surface area (Å²) in [5, 5.41) is 9.86. The van der Waals surface area contributed by atoms with Crippen LogP contribution in [0.25, 0.3) is 0 Å². The number of hydrogen-bond donors (Lipinski definition) is 1. The Morgan fingerprint density at radius 1 is 1.38 bits per heavy atom. The van der Waals surface area contributed by atoms with Gasteiger partial charge >= 0.3 is 0 Å². The molecule has 0 aliphatic rings. The Balaban J connectivity index is 2.58. The van der Waals surface area contributed by atoms with Gasteiger partial charge in [-0.1, -0.05) is 32.8 Å². The number of carbonyl (C=O) groups excluding carboxylic acids is 1. The van der Waals surface area contributed by atoms with Gasteiger partial charge in [-0.15, -0.1) is 0 Å². The second kappa shape index (κ2) is 6.38. The molecule has 0 aliphatic heterocycles. The fraction of sp³-hybridized carbons (Fsp3) is 0.538. The van der Waals surface area contributed by atoms with Gasteiger partial charge in [0, 0.05) is 11.9 Å². The van der Waals surface area contributed by atoms with Gasteiger partial charge in [0.15, 0.2) is 5.78 Å². The van der Waals surface area contributed by atoms with Crippen LogP contribution in [0.15, 0.2) is 24.4 Å². The quantitative estimate of drug-likeness (QED) is 0.799. The lowest BCUT2D eigenvalue weighted by Gasteiger charge is -2.18. The molecule has 1 heterocycles. The van der Waals surface area contributed by atoms with Crippen LogP contribution in [0, 0.1) is 5.92 Å². The average molecular weight is 221 g/mol. The van der Waals surface area contributed by atoms with E-state index in [9.17, 15) is 9.90 Å². The van der Waals surface area contributed by atoms with Crippen molar-refractivity contribution >= 4 is 5.78 Å². The zero-order valence-corrected chi connectivity index (χ0v) is 9.89. The van der Waals surface area contributed by atoms with E-state index < -0.39 is 6.10 Å². The molecule has 0 bridgehead atoms. The highest BCUT2D eigenvalue weighted by Crippen LogP contribution is 2.15. The minimum atomic E-state index is -0.850. The first-order valence-electron chi connectivity index (χ1n) is 5.79. The van der Waals surface area contributed by atoms with E-state index in [1.54, 1.807) is 12.3 Å². The number of nitrogens with zero attached hydrogens (tertiary/aromatic N) is 1. The number of ketones is 1. The molecule has 0 amide bonds. The van der Waals surface area contributed by atoms with Crippen molar-refractivity contribution < 1.29 is 9.90 Å². The van der Waals surface area contributed by atoms with Crippen LogP contribution in [0.4, 0.5) is 0 Å². The standard InChI is InChI=1S/C13H19NO2/c1-3-10(4-2)13(16)12(15)9-11-7-5-6-8-14-11/h5-8,10,13,16H,3-4,9H2,1-2H3. The molecule has 1 atom stereocenters. The van der Waals surface area contributed by atoms with E-state index in [0.717, 1.165) is 18.5 Å². The first kappa shape index (κ1) is 12.8. The van der Waals surface area contributed by atoms with Crippen molar-refractivity contribution in [1.82, 2.24) is 4.98 Å². The van der Waals surface area contributed by atoms with Crippen molar-refractivity contribution in [3.8, 4) is 0 Å². The molecule has 1 aromatic heterocycles. The molecule has 16 heavy (non-hydrogen) atoms. The van der Waals surface area contributed by atoms with Crippen LogP contribution in [-0.4, -0.2) is 22.0 Å². The molecular weight excluding hydrogens is 202 g/mol. The zero-order valence-electron chi connectivity index (χ0n) is 9.89. The summed E-state index contributed by atoms with van der Waals surface area (Å²) in [6.45, 7) is 3.98. The maximum atomic E-state index is 11.8. The van der Waals surface area contributed by atoms with Crippen LogP contribution in [0.1, 0.15) is 32.4 Å². The van der Waals surface area contributed by atoms with E-state index >= 15 is 0 Å². The average Bonchev–Trinajstić information content (AvgIpc) is 2.31. The van der Waals surface area contributed by atoms with Crippen molar-refractivity contribution in [2.24, 2.45) is 5.92 Å². The fourth-order valence-corrected chi connectivity index (χ4v) is 1.78. The number of carbonyl (C=O) groups is 1. The maximum Gasteiger partial charge on any atom is 0.167 e. The van der Waals surface area contributed by atoms with Gasteiger partial charge in [-0.2, -0.15) is 0 Å². The third kappa shape index (κ3) is 3.42. The number of rotatable bonds is 6. The molecular formula is C13H19NO2. The number of hydrogen-bond acceptors (Lipinski definition) is 3.